The highest BCUT2D eigenvalue weighted by atomic mass is 32.2. The maximum atomic E-state index is 12.6. The number of alkyl halides is 4. The molecule has 2 atom stereocenters. The zero-order valence-electron chi connectivity index (χ0n) is 11.5. The van der Waals surface area contributed by atoms with E-state index in [0.717, 1.165) is 5.75 Å². The molecule has 1 rings (SSSR count). The van der Waals surface area contributed by atoms with Crippen molar-refractivity contribution >= 4 is 17.7 Å². The number of halogens is 4. The SMILES string of the molecule is CC1SCCN(C(=O)CCOCC(F)(F)C(F)F)C1C. The van der Waals surface area contributed by atoms with Gasteiger partial charge in [-0.05, 0) is 6.92 Å². The minimum atomic E-state index is -4.16. The molecule has 0 bridgehead atoms. The topological polar surface area (TPSA) is 29.5 Å². The molecule has 0 radical (unpaired) electrons. The Bertz CT molecular complexity index is 331. The smallest absolute Gasteiger partial charge is 0.330 e. The molecule has 8 heteroatoms. The van der Waals surface area contributed by atoms with E-state index in [1.165, 1.54) is 0 Å². The minimum absolute atomic E-state index is 0.0684. The van der Waals surface area contributed by atoms with Gasteiger partial charge in [0.1, 0.15) is 6.61 Å². The van der Waals surface area contributed by atoms with Crippen molar-refractivity contribution in [3.05, 3.63) is 0 Å². The Balaban J connectivity index is 2.30. The van der Waals surface area contributed by atoms with E-state index in [4.69, 9.17) is 0 Å². The van der Waals surface area contributed by atoms with Crippen LogP contribution in [0, 0.1) is 0 Å². The van der Waals surface area contributed by atoms with E-state index in [-0.39, 0.29) is 25.0 Å². The van der Waals surface area contributed by atoms with Crippen LogP contribution in [-0.4, -0.2) is 60.0 Å². The highest BCUT2D eigenvalue weighted by Gasteiger charge is 2.41. The predicted molar refractivity (Wildman–Crippen MR) is 69.5 cm³/mol. The lowest BCUT2D eigenvalue weighted by Gasteiger charge is -2.37. The summed E-state index contributed by atoms with van der Waals surface area (Å²) in [6.07, 6.45) is -3.82. The molecule has 0 aliphatic carbocycles. The van der Waals surface area contributed by atoms with Crippen molar-refractivity contribution in [1.82, 2.24) is 4.90 Å². The molecule has 2 unspecified atom stereocenters. The lowest BCUT2D eigenvalue weighted by atomic mass is 10.2. The highest BCUT2D eigenvalue weighted by Crippen LogP contribution is 2.25. The number of hydrogen-bond donors (Lipinski definition) is 0. The number of ether oxygens (including phenoxy) is 1. The van der Waals surface area contributed by atoms with Gasteiger partial charge in [-0.1, -0.05) is 6.92 Å². The Labute approximate surface area is 120 Å². The molecular weight excluding hydrogens is 298 g/mol. The molecule has 1 aliphatic heterocycles. The lowest BCUT2D eigenvalue weighted by Crippen LogP contribution is -2.48. The maximum absolute atomic E-state index is 12.6. The molecule has 0 spiro atoms. The summed E-state index contributed by atoms with van der Waals surface area (Å²) in [6.45, 7) is 2.93. The third-order valence-electron chi connectivity index (χ3n) is 3.28. The molecule has 0 saturated carbocycles. The van der Waals surface area contributed by atoms with E-state index >= 15 is 0 Å². The monoisotopic (exact) mass is 317 g/mol. The summed E-state index contributed by atoms with van der Waals surface area (Å²) in [5, 5.41) is 0.316. The van der Waals surface area contributed by atoms with Crippen LogP contribution in [0.3, 0.4) is 0 Å². The summed E-state index contributed by atoms with van der Waals surface area (Å²) in [6, 6.07) is 0.0729. The number of carbonyl (C=O) groups excluding carboxylic acids is 1. The Hall–Kier alpha value is -0.500. The average molecular weight is 317 g/mol. The Morgan fingerprint density at radius 3 is 2.70 bits per heavy atom. The third-order valence-corrected chi connectivity index (χ3v) is 4.62. The standard InChI is InChI=1S/C12H19F4NO2S/c1-8-9(2)20-6-4-17(8)10(18)3-5-19-7-12(15,16)11(13)14/h8-9,11H,3-7H2,1-2H3. The van der Waals surface area contributed by atoms with Crippen LogP contribution in [0.4, 0.5) is 17.6 Å². The zero-order chi connectivity index (χ0) is 15.3. The second-order valence-electron chi connectivity index (χ2n) is 4.77. The fraction of sp³-hybridized carbons (Fsp3) is 0.917. The Morgan fingerprint density at radius 2 is 2.10 bits per heavy atom. The van der Waals surface area contributed by atoms with Crippen molar-refractivity contribution in [3.63, 3.8) is 0 Å². The third kappa shape index (κ3) is 4.80. The number of amides is 1. The molecule has 1 heterocycles. The molecule has 0 aromatic heterocycles. The molecule has 1 fully saturated rings. The van der Waals surface area contributed by atoms with Crippen LogP contribution in [0.25, 0.3) is 0 Å². The summed E-state index contributed by atoms with van der Waals surface area (Å²) in [7, 11) is 0. The van der Waals surface area contributed by atoms with Gasteiger partial charge in [0.05, 0.1) is 13.0 Å². The van der Waals surface area contributed by atoms with E-state index in [1.807, 2.05) is 13.8 Å². The molecule has 20 heavy (non-hydrogen) atoms. The van der Waals surface area contributed by atoms with Crippen LogP contribution in [0.1, 0.15) is 20.3 Å². The van der Waals surface area contributed by atoms with Gasteiger partial charge in [-0.25, -0.2) is 8.78 Å². The van der Waals surface area contributed by atoms with Crippen LogP contribution < -0.4 is 0 Å². The molecule has 1 aliphatic rings. The predicted octanol–water partition coefficient (Wildman–Crippen LogP) is 2.65. The van der Waals surface area contributed by atoms with Crippen molar-refractivity contribution in [3.8, 4) is 0 Å². The second-order valence-corrected chi connectivity index (χ2v) is 6.25. The number of nitrogens with zero attached hydrogens (tertiary/aromatic N) is 1. The van der Waals surface area contributed by atoms with Gasteiger partial charge in [-0.2, -0.15) is 20.5 Å². The van der Waals surface area contributed by atoms with Crippen molar-refractivity contribution in [2.75, 3.05) is 25.5 Å². The molecule has 118 valence electrons. The first-order chi connectivity index (χ1) is 9.25. The highest BCUT2D eigenvalue weighted by molar-refractivity contribution is 8.00. The molecule has 0 aromatic carbocycles. The fourth-order valence-electron chi connectivity index (χ4n) is 1.86. The largest absolute Gasteiger partial charge is 0.374 e. The zero-order valence-corrected chi connectivity index (χ0v) is 12.3. The Kier molecular flexibility index (Phi) is 6.57. The van der Waals surface area contributed by atoms with E-state index in [1.54, 1.807) is 16.7 Å². The van der Waals surface area contributed by atoms with Gasteiger partial charge in [0.25, 0.3) is 0 Å². The molecule has 3 nitrogen and oxygen atoms in total. The Morgan fingerprint density at radius 1 is 1.45 bits per heavy atom. The molecule has 1 amide bonds. The van der Waals surface area contributed by atoms with Crippen molar-refractivity contribution < 1.29 is 27.1 Å². The van der Waals surface area contributed by atoms with E-state index < -0.39 is 19.0 Å². The summed E-state index contributed by atoms with van der Waals surface area (Å²) in [4.78, 5) is 13.6. The first kappa shape index (κ1) is 17.6. The molecule has 1 saturated heterocycles. The number of thioether (sulfide) groups is 1. The van der Waals surface area contributed by atoms with Crippen molar-refractivity contribution in [2.45, 2.75) is 43.9 Å². The van der Waals surface area contributed by atoms with E-state index in [2.05, 4.69) is 4.74 Å². The number of carbonyl (C=O) groups is 1. The number of rotatable bonds is 6. The van der Waals surface area contributed by atoms with Gasteiger partial charge in [0.15, 0.2) is 0 Å². The second kappa shape index (κ2) is 7.49. The molecule has 0 N–H and O–H groups in total. The van der Waals surface area contributed by atoms with Crippen molar-refractivity contribution in [2.24, 2.45) is 0 Å². The quantitative estimate of drug-likeness (QED) is 0.557. The molecule has 0 aromatic rings. The van der Waals surface area contributed by atoms with E-state index in [0.29, 0.717) is 11.8 Å². The van der Waals surface area contributed by atoms with E-state index in [9.17, 15) is 22.4 Å². The summed E-state index contributed by atoms with van der Waals surface area (Å²) < 4.78 is 53.4. The minimum Gasteiger partial charge on any atom is -0.374 e. The first-order valence-corrected chi connectivity index (χ1v) is 7.45. The molecular formula is C12H19F4NO2S. The van der Waals surface area contributed by atoms with Crippen molar-refractivity contribution in [1.29, 1.82) is 0 Å². The fourth-order valence-corrected chi connectivity index (χ4v) is 2.96. The van der Waals surface area contributed by atoms with Gasteiger partial charge in [-0.3, -0.25) is 4.79 Å². The number of hydrogen-bond acceptors (Lipinski definition) is 3. The summed E-state index contributed by atoms with van der Waals surface area (Å²) >= 11 is 1.77. The first-order valence-electron chi connectivity index (χ1n) is 6.40. The average Bonchev–Trinajstić information content (AvgIpc) is 2.37. The normalized spacial score (nSPS) is 24.2. The maximum Gasteiger partial charge on any atom is 0.330 e. The van der Waals surface area contributed by atoms with Crippen LogP contribution in [0.15, 0.2) is 0 Å². The van der Waals surface area contributed by atoms with Crippen LogP contribution >= 0.6 is 11.8 Å². The van der Waals surface area contributed by atoms with Crippen LogP contribution in [0.5, 0.6) is 0 Å². The van der Waals surface area contributed by atoms with Gasteiger partial charge in [-0.15, -0.1) is 0 Å². The lowest BCUT2D eigenvalue weighted by molar-refractivity contribution is -0.167. The van der Waals surface area contributed by atoms with Gasteiger partial charge in [0, 0.05) is 23.6 Å². The van der Waals surface area contributed by atoms with Gasteiger partial charge >= 0.3 is 12.3 Å². The van der Waals surface area contributed by atoms with Crippen LogP contribution in [-0.2, 0) is 9.53 Å². The van der Waals surface area contributed by atoms with Crippen LogP contribution in [0.2, 0.25) is 0 Å². The summed E-state index contributed by atoms with van der Waals surface area (Å²) in [5.74, 6) is -3.52. The summed E-state index contributed by atoms with van der Waals surface area (Å²) in [5.41, 5.74) is 0. The van der Waals surface area contributed by atoms with Gasteiger partial charge in [0.2, 0.25) is 5.91 Å². The van der Waals surface area contributed by atoms with Gasteiger partial charge < -0.3 is 9.64 Å².